The van der Waals surface area contributed by atoms with Crippen LogP contribution in [0.4, 0.5) is 10.1 Å². The molecule has 0 spiro atoms. The molecule has 1 aromatic heterocycles. The maximum Gasteiger partial charge on any atom is 0.139 e. The summed E-state index contributed by atoms with van der Waals surface area (Å²) in [6, 6.07) is 5.10. The first-order chi connectivity index (χ1) is 8.47. The summed E-state index contributed by atoms with van der Waals surface area (Å²) in [4.78, 5) is 0. The lowest BCUT2D eigenvalue weighted by atomic mass is 10.1. The molecule has 1 unspecified atom stereocenters. The quantitative estimate of drug-likeness (QED) is 0.934. The van der Waals surface area contributed by atoms with E-state index in [0.717, 1.165) is 16.9 Å². The zero-order valence-electron chi connectivity index (χ0n) is 10.5. The zero-order valence-corrected chi connectivity index (χ0v) is 12.1. The van der Waals surface area contributed by atoms with E-state index in [9.17, 15) is 4.39 Å². The van der Waals surface area contributed by atoms with Crippen LogP contribution in [0.25, 0.3) is 0 Å². The van der Waals surface area contributed by atoms with Gasteiger partial charge < -0.3 is 5.32 Å². The molecule has 0 fully saturated rings. The first kappa shape index (κ1) is 13.1. The number of anilines is 1. The van der Waals surface area contributed by atoms with Crippen LogP contribution in [0.15, 0.2) is 28.9 Å². The van der Waals surface area contributed by atoms with Gasteiger partial charge in [0, 0.05) is 24.5 Å². The third kappa shape index (κ3) is 2.72. The Labute approximate surface area is 114 Å². The summed E-state index contributed by atoms with van der Waals surface area (Å²) in [5, 5.41) is 7.57. The molecule has 1 aromatic carbocycles. The van der Waals surface area contributed by atoms with Gasteiger partial charge in [-0.3, -0.25) is 4.68 Å². The average molecular weight is 312 g/mol. The number of rotatable bonds is 3. The number of halogens is 2. The molecular formula is C13H15BrFN3. The third-order valence-corrected chi connectivity index (χ3v) is 3.46. The Balaban J connectivity index is 2.18. The highest BCUT2D eigenvalue weighted by molar-refractivity contribution is 9.10. The van der Waals surface area contributed by atoms with Crippen LogP contribution >= 0.6 is 15.9 Å². The lowest BCUT2D eigenvalue weighted by Gasteiger charge is -2.15. The van der Waals surface area contributed by atoms with Gasteiger partial charge in [0.2, 0.25) is 0 Å². The predicted octanol–water partition coefficient (Wildman–Crippen LogP) is 3.80. The van der Waals surface area contributed by atoms with Crippen molar-refractivity contribution in [2.24, 2.45) is 7.05 Å². The van der Waals surface area contributed by atoms with Crippen molar-refractivity contribution in [3.63, 3.8) is 0 Å². The molecule has 18 heavy (non-hydrogen) atoms. The van der Waals surface area contributed by atoms with Crippen LogP contribution in [-0.2, 0) is 7.05 Å². The SMILES string of the molecule is Cc1nn(C)cc1C(C)Nc1ccc(Br)c(F)c1. The number of aromatic nitrogens is 2. The van der Waals surface area contributed by atoms with Crippen LogP contribution < -0.4 is 5.32 Å². The first-order valence-electron chi connectivity index (χ1n) is 5.69. The van der Waals surface area contributed by atoms with Crippen molar-refractivity contribution in [3.8, 4) is 0 Å². The molecule has 1 atom stereocenters. The van der Waals surface area contributed by atoms with Gasteiger partial charge in [-0.1, -0.05) is 0 Å². The highest BCUT2D eigenvalue weighted by Gasteiger charge is 2.12. The van der Waals surface area contributed by atoms with Gasteiger partial charge in [0.15, 0.2) is 0 Å². The van der Waals surface area contributed by atoms with Gasteiger partial charge in [0.25, 0.3) is 0 Å². The van der Waals surface area contributed by atoms with Crippen molar-refractivity contribution in [1.29, 1.82) is 0 Å². The summed E-state index contributed by atoms with van der Waals surface area (Å²) in [6.45, 7) is 4.00. The van der Waals surface area contributed by atoms with E-state index in [1.807, 2.05) is 33.2 Å². The summed E-state index contributed by atoms with van der Waals surface area (Å²) in [5.41, 5.74) is 2.85. The molecule has 5 heteroatoms. The summed E-state index contributed by atoms with van der Waals surface area (Å²) in [7, 11) is 1.89. The Morgan fingerprint density at radius 3 is 2.72 bits per heavy atom. The summed E-state index contributed by atoms with van der Waals surface area (Å²) in [5.74, 6) is -0.268. The van der Waals surface area contributed by atoms with Crippen molar-refractivity contribution in [3.05, 3.63) is 45.9 Å². The van der Waals surface area contributed by atoms with Gasteiger partial charge in [-0.05, 0) is 48.0 Å². The highest BCUT2D eigenvalue weighted by atomic mass is 79.9. The second-order valence-corrected chi connectivity index (χ2v) is 5.19. The van der Waals surface area contributed by atoms with Gasteiger partial charge >= 0.3 is 0 Å². The van der Waals surface area contributed by atoms with Gasteiger partial charge in [0.1, 0.15) is 5.82 Å². The second kappa shape index (κ2) is 5.10. The molecule has 0 saturated carbocycles. The molecule has 0 radical (unpaired) electrons. The standard InChI is InChI=1S/C13H15BrFN3/c1-8(11-7-18(3)17-9(11)2)16-10-4-5-12(14)13(15)6-10/h4-8,16H,1-3H3. The molecule has 96 valence electrons. The monoisotopic (exact) mass is 311 g/mol. The van der Waals surface area contributed by atoms with Crippen LogP contribution in [0.1, 0.15) is 24.2 Å². The highest BCUT2D eigenvalue weighted by Crippen LogP contribution is 2.24. The van der Waals surface area contributed by atoms with Gasteiger partial charge in [-0.25, -0.2) is 4.39 Å². The van der Waals surface area contributed by atoms with Crippen molar-refractivity contribution in [2.75, 3.05) is 5.32 Å². The van der Waals surface area contributed by atoms with Gasteiger partial charge in [0.05, 0.1) is 16.2 Å². The van der Waals surface area contributed by atoms with E-state index in [0.29, 0.717) is 4.47 Å². The molecule has 3 nitrogen and oxygen atoms in total. The number of nitrogens with zero attached hydrogens (tertiary/aromatic N) is 2. The van der Waals surface area contributed by atoms with Gasteiger partial charge in [-0.15, -0.1) is 0 Å². The van der Waals surface area contributed by atoms with Crippen molar-refractivity contribution < 1.29 is 4.39 Å². The smallest absolute Gasteiger partial charge is 0.139 e. The Hall–Kier alpha value is -1.36. The van der Waals surface area contributed by atoms with Crippen LogP contribution in [-0.4, -0.2) is 9.78 Å². The van der Waals surface area contributed by atoms with E-state index in [-0.39, 0.29) is 11.9 Å². The maximum atomic E-state index is 13.4. The Morgan fingerprint density at radius 2 is 2.17 bits per heavy atom. The molecule has 2 aromatic rings. The molecular weight excluding hydrogens is 297 g/mol. The van der Waals surface area contributed by atoms with Crippen LogP contribution in [0.3, 0.4) is 0 Å². The van der Waals surface area contributed by atoms with Crippen molar-refractivity contribution >= 4 is 21.6 Å². The third-order valence-electron chi connectivity index (χ3n) is 2.82. The Morgan fingerprint density at radius 1 is 1.44 bits per heavy atom. The average Bonchev–Trinajstić information content (AvgIpc) is 2.63. The lowest BCUT2D eigenvalue weighted by Crippen LogP contribution is -2.07. The minimum absolute atomic E-state index is 0.0827. The molecule has 0 bridgehead atoms. The molecule has 2 rings (SSSR count). The largest absolute Gasteiger partial charge is 0.378 e. The Bertz CT molecular complexity index is 565. The molecule has 0 amide bonds. The Kier molecular flexibility index (Phi) is 3.71. The molecule has 0 aliphatic carbocycles. The molecule has 1 N–H and O–H groups in total. The molecule has 0 aliphatic heterocycles. The van der Waals surface area contributed by atoms with Crippen LogP contribution in [0, 0.1) is 12.7 Å². The lowest BCUT2D eigenvalue weighted by molar-refractivity contribution is 0.621. The summed E-state index contributed by atoms with van der Waals surface area (Å²) < 4.78 is 15.7. The van der Waals surface area contributed by atoms with Crippen molar-refractivity contribution in [1.82, 2.24) is 9.78 Å². The van der Waals surface area contributed by atoms with E-state index >= 15 is 0 Å². The van der Waals surface area contributed by atoms with E-state index in [4.69, 9.17) is 0 Å². The van der Waals surface area contributed by atoms with E-state index in [2.05, 4.69) is 26.3 Å². The predicted molar refractivity (Wildman–Crippen MR) is 74.1 cm³/mol. The fourth-order valence-corrected chi connectivity index (χ4v) is 2.20. The van der Waals surface area contributed by atoms with E-state index < -0.39 is 0 Å². The van der Waals surface area contributed by atoms with Crippen LogP contribution in [0.5, 0.6) is 0 Å². The minimum Gasteiger partial charge on any atom is -0.378 e. The van der Waals surface area contributed by atoms with Crippen LogP contribution in [0.2, 0.25) is 0 Å². The maximum absolute atomic E-state index is 13.4. The van der Waals surface area contributed by atoms with E-state index in [1.165, 1.54) is 6.07 Å². The number of nitrogens with one attached hydrogen (secondary N) is 1. The fraction of sp³-hybridized carbons (Fsp3) is 0.308. The van der Waals surface area contributed by atoms with Gasteiger partial charge in [-0.2, -0.15) is 5.10 Å². The molecule has 0 saturated heterocycles. The first-order valence-corrected chi connectivity index (χ1v) is 6.48. The second-order valence-electron chi connectivity index (χ2n) is 4.34. The fourth-order valence-electron chi connectivity index (χ4n) is 1.96. The zero-order chi connectivity index (χ0) is 13.3. The van der Waals surface area contributed by atoms with Crippen molar-refractivity contribution in [2.45, 2.75) is 19.9 Å². The number of hydrogen-bond donors (Lipinski definition) is 1. The van der Waals surface area contributed by atoms with E-state index in [1.54, 1.807) is 10.7 Å². The minimum atomic E-state index is -0.268. The number of aryl methyl sites for hydroxylation is 2. The number of benzene rings is 1. The molecule has 0 aliphatic rings. The molecule has 1 heterocycles. The summed E-state index contributed by atoms with van der Waals surface area (Å²) in [6.07, 6.45) is 1.97. The topological polar surface area (TPSA) is 29.9 Å². The number of hydrogen-bond acceptors (Lipinski definition) is 2. The summed E-state index contributed by atoms with van der Waals surface area (Å²) >= 11 is 3.14. The normalized spacial score (nSPS) is 12.5.